The smallest absolute Gasteiger partial charge is 0.247 e. The fraction of sp³-hybridized carbons (Fsp3) is 0.412. The SMILES string of the molecule is CCC(=O)N1CCCC[C@@H]1C(=O)Nc1ccc2cc[nH]c2c1. The number of hydrogen-bond donors (Lipinski definition) is 2. The molecule has 0 spiro atoms. The van der Waals surface area contributed by atoms with Gasteiger partial charge in [-0.05, 0) is 42.8 Å². The number of nitrogens with one attached hydrogen (secondary N) is 2. The van der Waals surface area contributed by atoms with Crippen molar-refractivity contribution in [3.05, 3.63) is 30.5 Å². The molecule has 2 amide bonds. The quantitative estimate of drug-likeness (QED) is 0.915. The van der Waals surface area contributed by atoms with Gasteiger partial charge in [-0.1, -0.05) is 13.0 Å². The molecule has 1 aromatic carbocycles. The molecule has 0 bridgehead atoms. The van der Waals surface area contributed by atoms with Gasteiger partial charge in [0.1, 0.15) is 6.04 Å². The highest BCUT2D eigenvalue weighted by Gasteiger charge is 2.31. The van der Waals surface area contributed by atoms with E-state index in [-0.39, 0.29) is 17.9 Å². The molecule has 2 N–H and O–H groups in total. The number of piperidine rings is 1. The van der Waals surface area contributed by atoms with Crippen LogP contribution in [0.15, 0.2) is 30.5 Å². The van der Waals surface area contributed by atoms with Crippen LogP contribution in [0.4, 0.5) is 5.69 Å². The maximum Gasteiger partial charge on any atom is 0.247 e. The number of H-pyrrole nitrogens is 1. The molecule has 116 valence electrons. The largest absolute Gasteiger partial charge is 0.361 e. The molecule has 1 fully saturated rings. The average Bonchev–Trinajstić information content (AvgIpc) is 3.01. The molecule has 1 atom stereocenters. The highest BCUT2D eigenvalue weighted by Crippen LogP contribution is 2.22. The normalized spacial score (nSPS) is 18.4. The van der Waals surface area contributed by atoms with Crippen molar-refractivity contribution < 1.29 is 9.59 Å². The first-order valence-corrected chi connectivity index (χ1v) is 7.86. The Bertz CT molecular complexity index is 692. The number of rotatable bonds is 3. The zero-order valence-electron chi connectivity index (χ0n) is 12.8. The summed E-state index contributed by atoms with van der Waals surface area (Å²) in [5.74, 6) is -0.0351. The summed E-state index contributed by atoms with van der Waals surface area (Å²) in [5, 5.41) is 4.06. The summed E-state index contributed by atoms with van der Waals surface area (Å²) in [6.07, 6.45) is 5.02. The summed E-state index contributed by atoms with van der Waals surface area (Å²) < 4.78 is 0. The number of hydrogen-bond acceptors (Lipinski definition) is 2. The minimum Gasteiger partial charge on any atom is -0.361 e. The van der Waals surface area contributed by atoms with Gasteiger partial charge in [-0.3, -0.25) is 9.59 Å². The lowest BCUT2D eigenvalue weighted by molar-refractivity contribution is -0.140. The minimum absolute atomic E-state index is 0.0553. The van der Waals surface area contributed by atoms with Gasteiger partial charge in [0, 0.05) is 30.4 Å². The van der Waals surface area contributed by atoms with Crippen LogP contribution >= 0.6 is 0 Å². The van der Waals surface area contributed by atoms with Crippen molar-refractivity contribution in [2.75, 3.05) is 11.9 Å². The standard InChI is InChI=1S/C17H21N3O2/c1-2-16(21)20-10-4-3-5-15(20)17(22)19-13-7-6-12-8-9-18-14(12)11-13/h6-9,11,15,18H,2-5,10H2,1H3,(H,19,22)/t15-/m1/s1. The van der Waals surface area contributed by atoms with E-state index >= 15 is 0 Å². The number of carbonyl (C=O) groups is 2. The van der Waals surface area contributed by atoms with Crippen molar-refractivity contribution in [3.8, 4) is 0 Å². The van der Waals surface area contributed by atoms with Gasteiger partial charge in [0.05, 0.1) is 0 Å². The molecule has 1 aliphatic rings. The fourth-order valence-electron chi connectivity index (χ4n) is 3.06. The van der Waals surface area contributed by atoms with Crippen molar-refractivity contribution in [1.82, 2.24) is 9.88 Å². The van der Waals surface area contributed by atoms with E-state index in [4.69, 9.17) is 0 Å². The molecule has 22 heavy (non-hydrogen) atoms. The lowest BCUT2D eigenvalue weighted by Crippen LogP contribution is -2.49. The summed E-state index contributed by atoms with van der Waals surface area (Å²) in [6.45, 7) is 2.52. The van der Waals surface area contributed by atoms with Crippen molar-refractivity contribution in [2.24, 2.45) is 0 Å². The first-order chi connectivity index (χ1) is 10.7. The van der Waals surface area contributed by atoms with Crippen LogP contribution in [0.2, 0.25) is 0 Å². The van der Waals surface area contributed by atoms with E-state index in [1.807, 2.05) is 37.4 Å². The number of anilines is 1. The summed E-state index contributed by atoms with van der Waals surface area (Å²) in [7, 11) is 0. The number of nitrogens with zero attached hydrogens (tertiary/aromatic N) is 1. The number of fused-ring (bicyclic) bond motifs is 1. The van der Waals surface area contributed by atoms with Crippen LogP contribution in [0.3, 0.4) is 0 Å². The van der Waals surface area contributed by atoms with E-state index in [0.717, 1.165) is 35.9 Å². The summed E-state index contributed by atoms with van der Waals surface area (Å²) in [5.41, 5.74) is 1.75. The number of aromatic amines is 1. The van der Waals surface area contributed by atoms with E-state index < -0.39 is 0 Å². The Hall–Kier alpha value is -2.30. The van der Waals surface area contributed by atoms with Gasteiger partial charge < -0.3 is 15.2 Å². The summed E-state index contributed by atoms with van der Waals surface area (Å²) >= 11 is 0. The van der Waals surface area contributed by atoms with Crippen LogP contribution in [0.5, 0.6) is 0 Å². The molecule has 5 heteroatoms. The number of aromatic nitrogens is 1. The molecule has 3 rings (SSSR count). The van der Waals surface area contributed by atoms with Crippen LogP contribution in [0.1, 0.15) is 32.6 Å². The number of amides is 2. The highest BCUT2D eigenvalue weighted by molar-refractivity contribution is 5.98. The lowest BCUT2D eigenvalue weighted by Gasteiger charge is -2.34. The first-order valence-electron chi connectivity index (χ1n) is 7.86. The predicted molar refractivity (Wildman–Crippen MR) is 86.6 cm³/mol. The highest BCUT2D eigenvalue weighted by atomic mass is 16.2. The van der Waals surface area contributed by atoms with E-state index in [9.17, 15) is 9.59 Å². The minimum atomic E-state index is -0.347. The second kappa shape index (κ2) is 6.22. The molecule has 0 radical (unpaired) electrons. The third kappa shape index (κ3) is 2.84. The fourth-order valence-corrected chi connectivity index (χ4v) is 3.06. The third-order valence-corrected chi connectivity index (χ3v) is 4.25. The van der Waals surface area contributed by atoms with Crippen molar-refractivity contribution in [1.29, 1.82) is 0 Å². The molecule has 1 aliphatic heterocycles. The van der Waals surface area contributed by atoms with Crippen LogP contribution in [-0.4, -0.2) is 34.3 Å². The average molecular weight is 299 g/mol. The topological polar surface area (TPSA) is 65.2 Å². The summed E-state index contributed by atoms with van der Waals surface area (Å²) in [4.78, 5) is 29.4. The Balaban J connectivity index is 1.75. The zero-order chi connectivity index (χ0) is 15.5. The maximum absolute atomic E-state index is 12.6. The van der Waals surface area contributed by atoms with Crippen LogP contribution < -0.4 is 5.32 Å². The Morgan fingerprint density at radius 1 is 1.32 bits per heavy atom. The molecular weight excluding hydrogens is 278 g/mol. The predicted octanol–water partition coefficient (Wildman–Crippen LogP) is 2.90. The Kier molecular flexibility index (Phi) is 4.13. The molecular formula is C17H21N3O2. The molecule has 0 saturated carbocycles. The second-order valence-electron chi connectivity index (χ2n) is 5.72. The number of carbonyl (C=O) groups excluding carboxylic acids is 2. The first kappa shape index (κ1) is 14.6. The monoisotopic (exact) mass is 299 g/mol. The van der Waals surface area contributed by atoms with Gasteiger partial charge in [-0.2, -0.15) is 0 Å². The number of benzene rings is 1. The van der Waals surface area contributed by atoms with Crippen LogP contribution in [-0.2, 0) is 9.59 Å². The molecule has 1 saturated heterocycles. The van der Waals surface area contributed by atoms with Gasteiger partial charge in [0.2, 0.25) is 11.8 Å². The lowest BCUT2D eigenvalue weighted by atomic mass is 10.0. The maximum atomic E-state index is 12.6. The molecule has 1 aromatic heterocycles. The van der Waals surface area contributed by atoms with E-state index in [2.05, 4.69) is 10.3 Å². The van der Waals surface area contributed by atoms with Crippen LogP contribution in [0.25, 0.3) is 10.9 Å². The summed E-state index contributed by atoms with van der Waals surface area (Å²) in [6, 6.07) is 7.42. The van der Waals surface area contributed by atoms with E-state index in [0.29, 0.717) is 13.0 Å². The Labute approximate surface area is 129 Å². The van der Waals surface area contributed by atoms with Crippen LogP contribution in [0, 0.1) is 0 Å². The zero-order valence-corrected chi connectivity index (χ0v) is 12.8. The Morgan fingerprint density at radius 2 is 2.18 bits per heavy atom. The van der Waals surface area contributed by atoms with Gasteiger partial charge in [0.15, 0.2) is 0 Å². The van der Waals surface area contributed by atoms with Crippen molar-refractivity contribution in [3.63, 3.8) is 0 Å². The van der Waals surface area contributed by atoms with E-state index in [1.54, 1.807) is 4.90 Å². The number of likely N-dealkylation sites (tertiary alicyclic amines) is 1. The van der Waals surface area contributed by atoms with Gasteiger partial charge in [0.25, 0.3) is 0 Å². The van der Waals surface area contributed by atoms with Crippen molar-refractivity contribution >= 4 is 28.4 Å². The Morgan fingerprint density at radius 3 is 3.00 bits per heavy atom. The second-order valence-corrected chi connectivity index (χ2v) is 5.72. The van der Waals surface area contributed by atoms with Gasteiger partial charge >= 0.3 is 0 Å². The molecule has 0 unspecified atom stereocenters. The third-order valence-electron chi connectivity index (χ3n) is 4.25. The van der Waals surface area contributed by atoms with Gasteiger partial charge in [-0.25, -0.2) is 0 Å². The van der Waals surface area contributed by atoms with Gasteiger partial charge in [-0.15, -0.1) is 0 Å². The molecule has 0 aliphatic carbocycles. The van der Waals surface area contributed by atoms with Crippen molar-refractivity contribution in [2.45, 2.75) is 38.6 Å². The molecule has 5 nitrogen and oxygen atoms in total. The van der Waals surface area contributed by atoms with E-state index in [1.165, 1.54) is 0 Å². The molecule has 2 heterocycles. The molecule has 2 aromatic rings.